The summed E-state index contributed by atoms with van der Waals surface area (Å²) in [5.74, 6) is -0.805. The van der Waals surface area contributed by atoms with Crippen LogP contribution in [0.25, 0.3) is 10.8 Å². The van der Waals surface area contributed by atoms with Crippen molar-refractivity contribution in [1.29, 1.82) is 0 Å². The third kappa shape index (κ3) is 1.33. The molecule has 3 rings (SSSR count). The molecule has 1 aliphatic heterocycles. The summed E-state index contributed by atoms with van der Waals surface area (Å²) in [6, 6.07) is 11.5. The van der Waals surface area contributed by atoms with E-state index in [4.69, 9.17) is 0 Å². The molecular weight excluding hydrogens is 226 g/mol. The van der Waals surface area contributed by atoms with Crippen LogP contribution in [0.15, 0.2) is 36.4 Å². The number of hydrogen-bond acceptors (Lipinski definition) is 2. The fourth-order valence-corrected chi connectivity index (χ4v) is 2.94. The molecule has 1 unspecified atom stereocenters. The Morgan fingerprint density at radius 1 is 1.22 bits per heavy atom. The number of carboxylic acids is 1. The molecule has 0 radical (unpaired) electrons. The second kappa shape index (κ2) is 3.48. The monoisotopic (exact) mass is 241 g/mol. The van der Waals surface area contributed by atoms with Gasteiger partial charge in [0.05, 0.1) is 0 Å². The molecule has 0 aromatic heterocycles. The molecule has 1 heterocycles. The van der Waals surface area contributed by atoms with Crippen molar-refractivity contribution >= 4 is 22.4 Å². The number of rotatable bonds is 1. The zero-order valence-corrected chi connectivity index (χ0v) is 10.4. The quantitative estimate of drug-likeness (QED) is 0.807. The van der Waals surface area contributed by atoms with Gasteiger partial charge in [-0.25, -0.2) is 4.79 Å². The number of anilines is 1. The van der Waals surface area contributed by atoms with E-state index in [1.807, 2.05) is 38.1 Å². The highest BCUT2D eigenvalue weighted by molar-refractivity contribution is 5.96. The Balaban J connectivity index is 2.31. The van der Waals surface area contributed by atoms with E-state index >= 15 is 0 Å². The first-order valence-electron chi connectivity index (χ1n) is 6.03. The molecule has 18 heavy (non-hydrogen) atoms. The normalized spacial score (nSPS) is 20.4. The van der Waals surface area contributed by atoms with Crippen LogP contribution in [0.2, 0.25) is 0 Å². The average molecular weight is 241 g/mol. The van der Waals surface area contributed by atoms with Crippen molar-refractivity contribution in [3.8, 4) is 0 Å². The molecule has 0 fully saturated rings. The summed E-state index contributed by atoms with van der Waals surface area (Å²) in [7, 11) is 0. The number of benzene rings is 2. The van der Waals surface area contributed by atoms with Gasteiger partial charge in [-0.15, -0.1) is 0 Å². The Morgan fingerprint density at radius 2 is 1.94 bits per heavy atom. The Morgan fingerprint density at radius 3 is 2.67 bits per heavy atom. The summed E-state index contributed by atoms with van der Waals surface area (Å²) < 4.78 is 0. The van der Waals surface area contributed by atoms with Crippen molar-refractivity contribution in [3.05, 3.63) is 42.0 Å². The second-order valence-electron chi connectivity index (χ2n) is 5.35. The van der Waals surface area contributed by atoms with Gasteiger partial charge in [-0.2, -0.15) is 0 Å². The van der Waals surface area contributed by atoms with Gasteiger partial charge in [0.15, 0.2) is 0 Å². The molecule has 2 aromatic carbocycles. The summed E-state index contributed by atoms with van der Waals surface area (Å²) in [4.78, 5) is 11.4. The number of hydrogen-bond donors (Lipinski definition) is 2. The predicted octanol–water partition coefficient (Wildman–Crippen LogP) is 3.00. The lowest BCUT2D eigenvalue weighted by atomic mass is 9.78. The standard InChI is InChI=1S/C15H15NO2/c1-15(2)12-10-6-4-3-5-9(10)7-8-11(12)16-13(15)14(17)18/h3-8,13,16H,1-2H3,(H,17,18). The van der Waals surface area contributed by atoms with Crippen molar-refractivity contribution in [3.63, 3.8) is 0 Å². The molecule has 0 saturated heterocycles. The zero-order chi connectivity index (χ0) is 12.9. The van der Waals surface area contributed by atoms with E-state index in [0.29, 0.717) is 0 Å². The SMILES string of the molecule is CC1(C)c2c(ccc3ccccc23)NC1C(=O)O. The van der Waals surface area contributed by atoms with Crippen molar-refractivity contribution in [2.24, 2.45) is 0 Å². The first-order chi connectivity index (χ1) is 8.51. The minimum Gasteiger partial charge on any atom is -0.480 e. The Hall–Kier alpha value is -2.03. The van der Waals surface area contributed by atoms with E-state index < -0.39 is 17.4 Å². The predicted molar refractivity (Wildman–Crippen MR) is 72.0 cm³/mol. The van der Waals surface area contributed by atoms with Crippen LogP contribution < -0.4 is 5.32 Å². The van der Waals surface area contributed by atoms with Crippen molar-refractivity contribution in [2.75, 3.05) is 5.32 Å². The van der Waals surface area contributed by atoms with Crippen LogP contribution in [0.5, 0.6) is 0 Å². The third-order valence-electron chi connectivity index (χ3n) is 3.84. The first-order valence-corrected chi connectivity index (χ1v) is 6.03. The highest BCUT2D eigenvalue weighted by Crippen LogP contribution is 2.44. The lowest BCUT2D eigenvalue weighted by Crippen LogP contribution is -2.40. The van der Waals surface area contributed by atoms with Gasteiger partial charge in [0, 0.05) is 11.1 Å². The van der Waals surface area contributed by atoms with Gasteiger partial charge in [-0.1, -0.05) is 44.2 Å². The lowest BCUT2D eigenvalue weighted by Gasteiger charge is -2.24. The van der Waals surface area contributed by atoms with E-state index in [9.17, 15) is 9.90 Å². The third-order valence-corrected chi connectivity index (χ3v) is 3.84. The van der Waals surface area contributed by atoms with Crippen LogP contribution in [0.4, 0.5) is 5.69 Å². The average Bonchev–Trinajstić information content (AvgIpc) is 2.61. The summed E-state index contributed by atoms with van der Waals surface area (Å²) in [6.45, 7) is 3.97. The Labute approximate surface area is 105 Å². The number of aliphatic carboxylic acids is 1. The molecule has 0 aliphatic carbocycles. The van der Waals surface area contributed by atoms with Gasteiger partial charge in [-0.05, 0) is 22.4 Å². The highest BCUT2D eigenvalue weighted by Gasteiger charge is 2.44. The summed E-state index contributed by atoms with van der Waals surface area (Å²) in [5, 5.41) is 14.7. The fourth-order valence-electron chi connectivity index (χ4n) is 2.94. The number of carboxylic acid groups (broad SMARTS) is 1. The minimum atomic E-state index is -0.805. The molecule has 92 valence electrons. The van der Waals surface area contributed by atoms with Gasteiger partial charge >= 0.3 is 5.97 Å². The number of carbonyl (C=O) groups is 1. The van der Waals surface area contributed by atoms with Crippen molar-refractivity contribution < 1.29 is 9.90 Å². The first kappa shape index (κ1) is 11.1. The van der Waals surface area contributed by atoms with Crippen LogP contribution in [0.1, 0.15) is 19.4 Å². The van der Waals surface area contributed by atoms with Crippen LogP contribution >= 0.6 is 0 Å². The molecule has 1 aliphatic rings. The van der Waals surface area contributed by atoms with E-state index in [1.54, 1.807) is 0 Å². The molecule has 0 bridgehead atoms. The maximum atomic E-state index is 11.4. The van der Waals surface area contributed by atoms with E-state index in [1.165, 1.54) is 0 Å². The Kier molecular flexibility index (Phi) is 2.14. The van der Waals surface area contributed by atoms with Crippen LogP contribution in [-0.2, 0) is 10.2 Å². The maximum absolute atomic E-state index is 11.4. The highest BCUT2D eigenvalue weighted by atomic mass is 16.4. The van der Waals surface area contributed by atoms with Gasteiger partial charge in [-0.3, -0.25) is 0 Å². The van der Waals surface area contributed by atoms with Gasteiger partial charge in [0.2, 0.25) is 0 Å². The lowest BCUT2D eigenvalue weighted by molar-refractivity contribution is -0.139. The number of nitrogens with one attached hydrogen (secondary N) is 1. The summed E-state index contributed by atoms with van der Waals surface area (Å²) in [5.41, 5.74) is 1.63. The summed E-state index contributed by atoms with van der Waals surface area (Å²) >= 11 is 0. The zero-order valence-electron chi connectivity index (χ0n) is 10.4. The van der Waals surface area contributed by atoms with Crippen LogP contribution in [0, 0.1) is 0 Å². The molecular formula is C15H15NO2. The molecule has 2 N–H and O–H groups in total. The molecule has 0 saturated carbocycles. The molecule has 0 spiro atoms. The van der Waals surface area contributed by atoms with Crippen LogP contribution in [0.3, 0.4) is 0 Å². The Bertz CT molecular complexity index is 646. The fraction of sp³-hybridized carbons (Fsp3) is 0.267. The van der Waals surface area contributed by atoms with Gasteiger partial charge in [0.25, 0.3) is 0 Å². The van der Waals surface area contributed by atoms with E-state index in [-0.39, 0.29) is 0 Å². The topological polar surface area (TPSA) is 49.3 Å². The minimum absolute atomic E-state index is 0.415. The van der Waals surface area contributed by atoms with Crippen molar-refractivity contribution in [1.82, 2.24) is 0 Å². The maximum Gasteiger partial charge on any atom is 0.327 e. The second-order valence-corrected chi connectivity index (χ2v) is 5.35. The van der Waals surface area contributed by atoms with Gasteiger partial charge < -0.3 is 10.4 Å². The molecule has 0 amide bonds. The molecule has 2 aromatic rings. The molecule has 3 heteroatoms. The van der Waals surface area contributed by atoms with Gasteiger partial charge in [0.1, 0.15) is 6.04 Å². The van der Waals surface area contributed by atoms with Crippen LogP contribution in [-0.4, -0.2) is 17.1 Å². The largest absolute Gasteiger partial charge is 0.480 e. The molecule has 3 nitrogen and oxygen atoms in total. The smallest absolute Gasteiger partial charge is 0.327 e. The van der Waals surface area contributed by atoms with E-state index in [2.05, 4.69) is 17.4 Å². The molecule has 1 atom stereocenters. The number of fused-ring (bicyclic) bond motifs is 3. The van der Waals surface area contributed by atoms with Crippen molar-refractivity contribution in [2.45, 2.75) is 25.3 Å². The van der Waals surface area contributed by atoms with E-state index in [0.717, 1.165) is 22.0 Å². The summed E-state index contributed by atoms with van der Waals surface area (Å²) in [6.07, 6.45) is 0.